The molecule has 26 heavy (non-hydrogen) atoms. The fourth-order valence-electron chi connectivity index (χ4n) is 3.04. The van der Waals surface area contributed by atoms with Crippen LogP contribution in [0.4, 0.5) is 5.82 Å². The van der Waals surface area contributed by atoms with Gasteiger partial charge in [0.25, 0.3) is 5.91 Å². The largest absolute Gasteiger partial charge is 0.305 e. The van der Waals surface area contributed by atoms with Crippen molar-refractivity contribution in [2.24, 2.45) is 0 Å². The first-order valence-electron chi connectivity index (χ1n) is 8.80. The number of nitrogens with one attached hydrogen (secondary N) is 1. The zero-order valence-corrected chi connectivity index (χ0v) is 14.9. The monoisotopic (exact) mass is 344 g/mol. The molecule has 1 amide bonds. The maximum absolute atomic E-state index is 12.6. The van der Waals surface area contributed by atoms with Crippen molar-refractivity contribution in [2.45, 2.75) is 26.8 Å². The van der Waals surface area contributed by atoms with Crippen LogP contribution >= 0.6 is 0 Å². The van der Waals surface area contributed by atoms with Crippen molar-refractivity contribution in [1.82, 2.24) is 14.8 Å². The Bertz CT molecular complexity index is 1100. The van der Waals surface area contributed by atoms with Gasteiger partial charge in [-0.05, 0) is 37.6 Å². The van der Waals surface area contributed by atoms with Gasteiger partial charge < -0.3 is 5.32 Å². The number of rotatable bonds is 4. The Morgan fingerprint density at radius 2 is 1.88 bits per heavy atom. The fraction of sp³-hybridized carbons (Fsp3) is 0.190. The molecule has 130 valence electrons. The van der Waals surface area contributed by atoms with Crippen LogP contribution in [0.1, 0.15) is 29.3 Å². The summed E-state index contributed by atoms with van der Waals surface area (Å²) in [5.74, 6) is 0.387. The number of anilines is 1. The first kappa shape index (κ1) is 16.3. The average Bonchev–Trinajstić information content (AvgIpc) is 2.97. The van der Waals surface area contributed by atoms with Crippen LogP contribution in [-0.4, -0.2) is 20.7 Å². The van der Waals surface area contributed by atoms with Crippen molar-refractivity contribution in [3.63, 3.8) is 0 Å². The van der Waals surface area contributed by atoms with Gasteiger partial charge in [0.1, 0.15) is 0 Å². The first-order chi connectivity index (χ1) is 12.7. The van der Waals surface area contributed by atoms with E-state index in [1.807, 2.05) is 66.2 Å². The van der Waals surface area contributed by atoms with Crippen LogP contribution in [-0.2, 0) is 6.54 Å². The second-order valence-corrected chi connectivity index (χ2v) is 6.44. The van der Waals surface area contributed by atoms with E-state index in [9.17, 15) is 4.79 Å². The molecule has 2 aromatic carbocycles. The molecule has 4 rings (SSSR count). The summed E-state index contributed by atoms with van der Waals surface area (Å²) in [6.45, 7) is 4.85. The van der Waals surface area contributed by atoms with E-state index >= 15 is 0 Å². The van der Waals surface area contributed by atoms with Crippen LogP contribution in [0.2, 0.25) is 0 Å². The van der Waals surface area contributed by atoms with Crippen LogP contribution in [0.3, 0.4) is 0 Å². The number of hydrogen-bond donors (Lipinski definition) is 1. The van der Waals surface area contributed by atoms with Gasteiger partial charge in [-0.15, -0.1) is 0 Å². The Morgan fingerprint density at radius 1 is 1.12 bits per heavy atom. The van der Waals surface area contributed by atoms with E-state index in [4.69, 9.17) is 4.98 Å². The number of fused-ring (bicyclic) bond motifs is 2. The first-order valence-corrected chi connectivity index (χ1v) is 8.80. The third-order valence-corrected chi connectivity index (χ3v) is 4.41. The van der Waals surface area contributed by atoms with Gasteiger partial charge in [0, 0.05) is 17.5 Å². The topological polar surface area (TPSA) is 59.8 Å². The SMILES string of the molecule is CCCn1nc(NC(=O)c2ccc(C)cc2)c2cc3ccccc3nc21. The molecule has 0 aliphatic rings. The molecule has 2 aromatic heterocycles. The van der Waals surface area contributed by atoms with Gasteiger partial charge >= 0.3 is 0 Å². The van der Waals surface area contributed by atoms with Crippen molar-refractivity contribution >= 4 is 33.7 Å². The summed E-state index contributed by atoms with van der Waals surface area (Å²) < 4.78 is 1.87. The molecule has 0 bridgehead atoms. The molecule has 5 heteroatoms. The Kier molecular flexibility index (Phi) is 4.13. The second kappa shape index (κ2) is 6.59. The van der Waals surface area contributed by atoms with E-state index in [2.05, 4.69) is 17.3 Å². The van der Waals surface area contributed by atoms with Crippen molar-refractivity contribution in [3.05, 3.63) is 65.7 Å². The molecule has 0 aliphatic heterocycles. The molecule has 0 radical (unpaired) electrons. The number of para-hydroxylation sites is 1. The number of carbonyl (C=O) groups excluding carboxylic acids is 1. The minimum atomic E-state index is -0.166. The molecule has 0 unspecified atom stereocenters. The molecule has 0 saturated heterocycles. The summed E-state index contributed by atoms with van der Waals surface area (Å²) in [5, 5.41) is 9.45. The van der Waals surface area contributed by atoms with E-state index in [1.165, 1.54) is 0 Å². The molecule has 0 spiro atoms. The Morgan fingerprint density at radius 3 is 2.65 bits per heavy atom. The number of hydrogen-bond acceptors (Lipinski definition) is 3. The predicted molar refractivity (Wildman–Crippen MR) is 104 cm³/mol. The normalized spacial score (nSPS) is 11.2. The number of carbonyl (C=O) groups is 1. The molecule has 1 N–H and O–H groups in total. The summed E-state index contributed by atoms with van der Waals surface area (Å²) in [6, 6.07) is 17.5. The molecule has 0 atom stereocenters. The molecule has 0 fully saturated rings. The number of pyridine rings is 1. The number of amides is 1. The molecule has 0 saturated carbocycles. The maximum atomic E-state index is 12.6. The minimum Gasteiger partial charge on any atom is -0.305 e. The van der Waals surface area contributed by atoms with Crippen LogP contribution in [0.25, 0.3) is 21.9 Å². The lowest BCUT2D eigenvalue weighted by atomic mass is 10.1. The Balaban J connectivity index is 1.79. The quantitative estimate of drug-likeness (QED) is 0.590. The molecule has 2 heterocycles. The number of benzene rings is 2. The minimum absolute atomic E-state index is 0.166. The number of aryl methyl sites for hydroxylation is 2. The van der Waals surface area contributed by atoms with Gasteiger partial charge in [-0.2, -0.15) is 5.10 Å². The molecule has 5 nitrogen and oxygen atoms in total. The fourth-order valence-corrected chi connectivity index (χ4v) is 3.04. The third kappa shape index (κ3) is 2.92. The molecular weight excluding hydrogens is 324 g/mol. The number of aromatic nitrogens is 3. The summed E-state index contributed by atoms with van der Waals surface area (Å²) in [6.07, 6.45) is 0.941. The second-order valence-electron chi connectivity index (χ2n) is 6.44. The standard InChI is InChI=1S/C21H20N4O/c1-3-12-25-20-17(13-16-6-4-5-7-18(16)22-20)19(24-25)23-21(26)15-10-8-14(2)9-11-15/h4-11,13H,3,12H2,1-2H3,(H,23,24,26). The highest BCUT2D eigenvalue weighted by atomic mass is 16.1. The van der Waals surface area contributed by atoms with Crippen LogP contribution in [0.15, 0.2) is 54.6 Å². The van der Waals surface area contributed by atoms with Gasteiger partial charge in [-0.25, -0.2) is 9.67 Å². The predicted octanol–water partition coefficient (Wildman–Crippen LogP) is 4.56. The van der Waals surface area contributed by atoms with Crippen LogP contribution < -0.4 is 5.32 Å². The summed E-state index contributed by atoms with van der Waals surface area (Å²) in [5.41, 5.74) is 3.45. The van der Waals surface area contributed by atoms with E-state index in [-0.39, 0.29) is 5.91 Å². The van der Waals surface area contributed by atoms with Crippen molar-refractivity contribution < 1.29 is 4.79 Å². The highest BCUT2D eigenvalue weighted by molar-refractivity contribution is 6.08. The summed E-state index contributed by atoms with van der Waals surface area (Å²) >= 11 is 0. The van der Waals surface area contributed by atoms with Gasteiger partial charge in [0.05, 0.1) is 10.9 Å². The van der Waals surface area contributed by atoms with Crippen molar-refractivity contribution in [1.29, 1.82) is 0 Å². The third-order valence-electron chi connectivity index (χ3n) is 4.41. The molecule has 4 aromatic rings. The van der Waals surface area contributed by atoms with Crippen molar-refractivity contribution in [2.75, 3.05) is 5.32 Å². The Labute approximate surface area is 151 Å². The van der Waals surface area contributed by atoms with Gasteiger partial charge in [-0.1, -0.05) is 42.8 Å². The smallest absolute Gasteiger partial charge is 0.256 e. The van der Waals surface area contributed by atoms with E-state index in [0.29, 0.717) is 11.4 Å². The van der Waals surface area contributed by atoms with Gasteiger partial charge in [-0.3, -0.25) is 4.79 Å². The van der Waals surface area contributed by atoms with E-state index < -0.39 is 0 Å². The lowest BCUT2D eigenvalue weighted by Crippen LogP contribution is -2.12. The van der Waals surface area contributed by atoms with Crippen LogP contribution in [0.5, 0.6) is 0 Å². The summed E-state index contributed by atoms with van der Waals surface area (Å²) in [4.78, 5) is 17.4. The molecule has 0 aliphatic carbocycles. The summed E-state index contributed by atoms with van der Waals surface area (Å²) in [7, 11) is 0. The van der Waals surface area contributed by atoms with E-state index in [1.54, 1.807) is 0 Å². The Hall–Kier alpha value is -3.21. The molecular formula is C21H20N4O. The number of nitrogens with zero attached hydrogens (tertiary/aromatic N) is 3. The zero-order valence-electron chi connectivity index (χ0n) is 14.9. The average molecular weight is 344 g/mol. The lowest BCUT2D eigenvalue weighted by molar-refractivity contribution is 0.102. The van der Waals surface area contributed by atoms with Gasteiger partial charge in [0.15, 0.2) is 11.5 Å². The maximum Gasteiger partial charge on any atom is 0.256 e. The van der Waals surface area contributed by atoms with Crippen molar-refractivity contribution in [3.8, 4) is 0 Å². The highest BCUT2D eigenvalue weighted by Gasteiger charge is 2.16. The van der Waals surface area contributed by atoms with E-state index in [0.717, 1.165) is 40.5 Å². The lowest BCUT2D eigenvalue weighted by Gasteiger charge is -2.03. The van der Waals surface area contributed by atoms with Gasteiger partial charge in [0.2, 0.25) is 0 Å². The highest BCUT2D eigenvalue weighted by Crippen LogP contribution is 2.26. The van der Waals surface area contributed by atoms with Crippen LogP contribution in [0, 0.1) is 6.92 Å². The zero-order chi connectivity index (χ0) is 18.1.